The third-order valence-corrected chi connectivity index (χ3v) is 5.87. The van der Waals surface area contributed by atoms with Crippen LogP contribution in [0.5, 0.6) is 0 Å². The zero-order valence-electron chi connectivity index (χ0n) is 13.7. The monoisotopic (exact) mass is 327 g/mol. The minimum absolute atomic E-state index is 0.0171. The molecule has 2 heterocycles. The van der Waals surface area contributed by atoms with Crippen LogP contribution in [0.25, 0.3) is 0 Å². The fourth-order valence-electron chi connectivity index (χ4n) is 2.96. The number of amides is 1. The quantitative estimate of drug-likeness (QED) is 0.836. The maximum Gasteiger partial charge on any atom is 0.240 e. The molecule has 1 aromatic rings. The first-order valence-electron chi connectivity index (χ1n) is 7.70. The van der Waals surface area contributed by atoms with Gasteiger partial charge < -0.3 is 4.90 Å². The number of hydrogen-bond donors (Lipinski definition) is 0. The first kappa shape index (κ1) is 17.0. The van der Waals surface area contributed by atoms with Gasteiger partial charge in [-0.05, 0) is 46.1 Å². The van der Waals surface area contributed by atoms with E-state index in [2.05, 4.69) is 5.10 Å². The molecule has 124 valence electrons. The fourth-order valence-corrected chi connectivity index (χ4v) is 3.46. The molecule has 2 rings (SSSR count). The smallest absolute Gasteiger partial charge is 0.240 e. The highest BCUT2D eigenvalue weighted by Crippen LogP contribution is 2.21. The van der Waals surface area contributed by atoms with Crippen LogP contribution < -0.4 is 0 Å². The molecule has 22 heavy (non-hydrogen) atoms. The number of aryl methyl sites for hydroxylation is 2. The highest BCUT2D eigenvalue weighted by Gasteiger charge is 2.34. The molecule has 2 atom stereocenters. The van der Waals surface area contributed by atoms with Crippen LogP contribution in [-0.2, 0) is 21.2 Å². The SMILES string of the molecule is Cc1cc(C)n(CC2CCCCN2C(=O)C(C)S(C)(=O)=O)n1. The van der Waals surface area contributed by atoms with Crippen molar-refractivity contribution in [3.05, 3.63) is 17.5 Å². The van der Waals surface area contributed by atoms with Crippen LogP contribution in [-0.4, -0.2) is 53.1 Å². The van der Waals surface area contributed by atoms with E-state index in [1.165, 1.54) is 6.92 Å². The van der Waals surface area contributed by atoms with Crippen LogP contribution in [0.1, 0.15) is 37.6 Å². The summed E-state index contributed by atoms with van der Waals surface area (Å²) in [4.78, 5) is 14.3. The van der Waals surface area contributed by atoms with Gasteiger partial charge in [-0.2, -0.15) is 5.10 Å². The van der Waals surface area contributed by atoms with Crippen LogP contribution in [0, 0.1) is 13.8 Å². The van der Waals surface area contributed by atoms with Crippen molar-refractivity contribution in [1.29, 1.82) is 0 Å². The number of carbonyl (C=O) groups is 1. The van der Waals surface area contributed by atoms with Crippen molar-refractivity contribution in [3.8, 4) is 0 Å². The van der Waals surface area contributed by atoms with Gasteiger partial charge in [0.25, 0.3) is 0 Å². The molecule has 0 aromatic carbocycles. The molecule has 1 aliphatic rings. The molecule has 1 aliphatic heterocycles. The van der Waals surface area contributed by atoms with Gasteiger partial charge in [0.2, 0.25) is 5.91 Å². The number of carbonyl (C=O) groups excluding carboxylic acids is 1. The van der Waals surface area contributed by atoms with Crippen LogP contribution in [0.4, 0.5) is 0 Å². The van der Waals surface area contributed by atoms with Crippen LogP contribution in [0.15, 0.2) is 6.07 Å². The summed E-state index contributed by atoms with van der Waals surface area (Å²) in [6.45, 7) is 6.67. The Morgan fingerprint density at radius 2 is 2.09 bits per heavy atom. The number of aromatic nitrogens is 2. The number of likely N-dealkylation sites (tertiary alicyclic amines) is 1. The van der Waals surface area contributed by atoms with E-state index in [-0.39, 0.29) is 11.9 Å². The van der Waals surface area contributed by atoms with Crippen molar-refractivity contribution in [2.24, 2.45) is 0 Å². The molecule has 1 aromatic heterocycles. The van der Waals surface area contributed by atoms with Gasteiger partial charge in [-0.15, -0.1) is 0 Å². The van der Waals surface area contributed by atoms with Gasteiger partial charge in [-0.25, -0.2) is 8.42 Å². The zero-order valence-corrected chi connectivity index (χ0v) is 14.6. The van der Waals surface area contributed by atoms with Gasteiger partial charge in [-0.3, -0.25) is 9.48 Å². The Bertz CT molecular complexity index is 651. The van der Waals surface area contributed by atoms with Crippen LogP contribution in [0.2, 0.25) is 0 Å². The topological polar surface area (TPSA) is 72.3 Å². The lowest BCUT2D eigenvalue weighted by Gasteiger charge is -2.37. The van der Waals surface area contributed by atoms with Gasteiger partial charge in [0.15, 0.2) is 9.84 Å². The van der Waals surface area contributed by atoms with E-state index in [1.807, 2.05) is 24.6 Å². The van der Waals surface area contributed by atoms with E-state index < -0.39 is 15.1 Å². The first-order valence-corrected chi connectivity index (χ1v) is 9.66. The minimum Gasteiger partial charge on any atom is -0.337 e. The molecule has 6 nitrogen and oxygen atoms in total. The molecule has 0 bridgehead atoms. The Labute approximate surface area is 132 Å². The zero-order chi connectivity index (χ0) is 16.5. The predicted octanol–water partition coefficient (Wildman–Crippen LogP) is 1.31. The van der Waals surface area contributed by atoms with E-state index in [0.29, 0.717) is 13.1 Å². The Morgan fingerprint density at radius 3 is 2.64 bits per heavy atom. The number of rotatable bonds is 4. The Hall–Kier alpha value is -1.37. The number of nitrogens with zero attached hydrogens (tertiary/aromatic N) is 3. The largest absolute Gasteiger partial charge is 0.337 e. The third-order valence-electron chi connectivity index (χ3n) is 4.39. The van der Waals surface area contributed by atoms with Crippen molar-refractivity contribution < 1.29 is 13.2 Å². The van der Waals surface area contributed by atoms with Crippen molar-refractivity contribution in [2.75, 3.05) is 12.8 Å². The Kier molecular flexibility index (Phi) is 4.94. The fraction of sp³-hybridized carbons (Fsp3) is 0.733. The number of sulfone groups is 1. The van der Waals surface area contributed by atoms with Crippen molar-refractivity contribution in [3.63, 3.8) is 0 Å². The molecule has 2 unspecified atom stereocenters. The van der Waals surface area contributed by atoms with E-state index in [0.717, 1.165) is 36.9 Å². The lowest BCUT2D eigenvalue weighted by molar-refractivity contribution is -0.134. The van der Waals surface area contributed by atoms with Crippen LogP contribution >= 0.6 is 0 Å². The van der Waals surface area contributed by atoms with Gasteiger partial charge in [-0.1, -0.05) is 0 Å². The lowest BCUT2D eigenvalue weighted by atomic mass is 10.0. The van der Waals surface area contributed by atoms with E-state index in [9.17, 15) is 13.2 Å². The summed E-state index contributed by atoms with van der Waals surface area (Å²) in [5.74, 6) is -0.284. The molecular formula is C15H25N3O3S. The second-order valence-corrected chi connectivity index (χ2v) is 8.63. The summed E-state index contributed by atoms with van der Waals surface area (Å²) < 4.78 is 25.3. The minimum atomic E-state index is -3.37. The highest BCUT2D eigenvalue weighted by molar-refractivity contribution is 7.92. The van der Waals surface area contributed by atoms with Gasteiger partial charge in [0, 0.05) is 18.5 Å². The van der Waals surface area contributed by atoms with E-state index in [1.54, 1.807) is 4.90 Å². The number of piperidine rings is 1. The molecular weight excluding hydrogens is 302 g/mol. The highest BCUT2D eigenvalue weighted by atomic mass is 32.2. The molecule has 1 saturated heterocycles. The molecule has 1 fully saturated rings. The molecule has 0 radical (unpaired) electrons. The maximum atomic E-state index is 12.6. The van der Waals surface area contributed by atoms with Crippen molar-refractivity contribution >= 4 is 15.7 Å². The van der Waals surface area contributed by atoms with Gasteiger partial charge >= 0.3 is 0 Å². The molecule has 0 N–H and O–H groups in total. The molecule has 0 aliphatic carbocycles. The maximum absolute atomic E-state index is 12.6. The molecule has 1 amide bonds. The molecule has 0 spiro atoms. The summed E-state index contributed by atoms with van der Waals surface area (Å²) in [6.07, 6.45) is 3.99. The summed E-state index contributed by atoms with van der Waals surface area (Å²) >= 11 is 0. The second kappa shape index (κ2) is 6.40. The Morgan fingerprint density at radius 1 is 1.41 bits per heavy atom. The van der Waals surface area contributed by atoms with Crippen molar-refractivity contribution in [1.82, 2.24) is 14.7 Å². The number of hydrogen-bond acceptors (Lipinski definition) is 4. The normalized spacial score (nSPS) is 20.9. The average molecular weight is 327 g/mol. The van der Waals surface area contributed by atoms with Crippen molar-refractivity contribution in [2.45, 2.75) is 57.9 Å². The second-order valence-electron chi connectivity index (χ2n) is 6.26. The molecule has 0 saturated carbocycles. The standard InChI is InChI=1S/C15H25N3O3S/c1-11-9-12(2)18(16-11)10-14-7-5-6-8-17(14)15(19)13(3)22(4,20)21/h9,13-14H,5-8,10H2,1-4H3. The average Bonchev–Trinajstić information content (AvgIpc) is 2.75. The lowest BCUT2D eigenvalue weighted by Crippen LogP contribution is -2.50. The first-order chi connectivity index (χ1) is 10.2. The van der Waals surface area contributed by atoms with Crippen LogP contribution in [0.3, 0.4) is 0 Å². The molecule has 7 heteroatoms. The summed E-state index contributed by atoms with van der Waals surface area (Å²) in [5, 5.41) is 3.47. The summed E-state index contributed by atoms with van der Waals surface area (Å²) in [6, 6.07) is 2.03. The third kappa shape index (κ3) is 3.69. The Balaban J connectivity index is 2.18. The van der Waals surface area contributed by atoms with Gasteiger partial charge in [0.1, 0.15) is 5.25 Å². The van der Waals surface area contributed by atoms with E-state index in [4.69, 9.17) is 0 Å². The van der Waals surface area contributed by atoms with E-state index >= 15 is 0 Å². The summed E-state index contributed by atoms with van der Waals surface area (Å²) in [7, 11) is -3.37. The summed E-state index contributed by atoms with van der Waals surface area (Å²) in [5.41, 5.74) is 2.02. The van der Waals surface area contributed by atoms with Gasteiger partial charge in [0.05, 0.1) is 18.3 Å². The predicted molar refractivity (Wildman–Crippen MR) is 85.4 cm³/mol.